The summed E-state index contributed by atoms with van der Waals surface area (Å²) in [5, 5.41) is 14.8. The standard InChI is InChI=1S/C20H21F3IN3O4S/c1-32-8-2-6-30-25-11-12-9-14(20(29)27-31-7-5-28)19(18(23)17(12)22)26-16-4-3-13(24)10-15(16)21/h3-4,9-11,26,28H,2,5-8H2,1H3,(H,27,29)/b25-11-. The molecule has 2 rings (SSSR count). The van der Waals surface area contributed by atoms with E-state index in [2.05, 4.69) is 10.5 Å². The molecule has 0 unspecified atom stereocenters. The third kappa shape index (κ3) is 7.53. The van der Waals surface area contributed by atoms with E-state index in [0.29, 0.717) is 3.57 Å². The van der Waals surface area contributed by atoms with E-state index in [1.54, 1.807) is 17.8 Å². The SMILES string of the molecule is CSCCCO/N=C\c1cc(C(=O)NOCCO)c(Nc2ccc(I)cc2F)c(F)c1F. The Labute approximate surface area is 200 Å². The van der Waals surface area contributed by atoms with Crippen molar-refractivity contribution >= 4 is 57.8 Å². The molecule has 0 saturated heterocycles. The molecule has 174 valence electrons. The average molecular weight is 583 g/mol. The van der Waals surface area contributed by atoms with Crippen LogP contribution in [0, 0.1) is 21.0 Å². The zero-order valence-corrected chi connectivity index (χ0v) is 19.9. The number of carbonyl (C=O) groups is 1. The van der Waals surface area contributed by atoms with Gasteiger partial charge in [0.25, 0.3) is 5.91 Å². The first-order chi connectivity index (χ1) is 15.4. The smallest absolute Gasteiger partial charge is 0.277 e. The molecule has 2 aromatic rings. The second kappa shape index (κ2) is 13.5. The fourth-order valence-electron chi connectivity index (χ4n) is 2.40. The monoisotopic (exact) mass is 583 g/mol. The minimum Gasteiger partial charge on any atom is -0.396 e. The summed E-state index contributed by atoms with van der Waals surface area (Å²) in [6.07, 6.45) is 3.60. The Balaban J connectivity index is 2.38. The Morgan fingerprint density at radius 1 is 1.25 bits per heavy atom. The number of aliphatic hydroxyl groups excluding tert-OH is 1. The molecule has 0 heterocycles. The van der Waals surface area contributed by atoms with Gasteiger partial charge in [0.2, 0.25) is 0 Å². The van der Waals surface area contributed by atoms with Crippen LogP contribution in [0.1, 0.15) is 22.3 Å². The summed E-state index contributed by atoms with van der Waals surface area (Å²) in [5.74, 6) is -3.53. The summed E-state index contributed by atoms with van der Waals surface area (Å²) in [6, 6.07) is 5.10. The fraction of sp³-hybridized carbons (Fsp3) is 0.300. The first-order valence-corrected chi connectivity index (χ1v) is 11.8. The number of halogens is 4. The molecule has 0 spiro atoms. The number of hydrogen-bond acceptors (Lipinski definition) is 7. The number of nitrogens with one attached hydrogen (secondary N) is 2. The highest BCUT2D eigenvalue weighted by molar-refractivity contribution is 14.1. The quantitative estimate of drug-likeness (QED) is 0.150. The lowest BCUT2D eigenvalue weighted by molar-refractivity contribution is 0.0168. The zero-order chi connectivity index (χ0) is 23.5. The van der Waals surface area contributed by atoms with E-state index in [0.717, 1.165) is 24.5 Å². The van der Waals surface area contributed by atoms with Crippen molar-refractivity contribution in [2.24, 2.45) is 5.16 Å². The predicted octanol–water partition coefficient (Wildman–Crippen LogP) is 4.21. The highest BCUT2D eigenvalue weighted by Crippen LogP contribution is 2.30. The number of amides is 1. The van der Waals surface area contributed by atoms with Crippen LogP contribution in [-0.2, 0) is 9.68 Å². The minimum absolute atomic E-state index is 0.160. The van der Waals surface area contributed by atoms with Crippen molar-refractivity contribution in [3.8, 4) is 0 Å². The molecular weight excluding hydrogens is 562 g/mol. The summed E-state index contributed by atoms with van der Waals surface area (Å²) < 4.78 is 44.4. The van der Waals surface area contributed by atoms with Crippen molar-refractivity contribution in [2.45, 2.75) is 6.42 Å². The molecule has 1 amide bonds. The van der Waals surface area contributed by atoms with Gasteiger partial charge in [-0.2, -0.15) is 11.8 Å². The van der Waals surface area contributed by atoms with E-state index in [1.165, 1.54) is 12.1 Å². The van der Waals surface area contributed by atoms with Gasteiger partial charge < -0.3 is 15.3 Å². The van der Waals surface area contributed by atoms with Gasteiger partial charge in [0, 0.05) is 9.13 Å². The summed E-state index contributed by atoms with van der Waals surface area (Å²) in [5.41, 5.74) is 0.536. The van der Waals surface area contributed by atoms with Gasteiger partial charge in [0.05, 0.1) is 36.4 Å². The number of thioether (sulfide) groups is 1. The largest absolute Gasteiger partial charge is 0.396 e. The molecule has 7 nitrogen and oxygen atoms in total. The Morgan fingerprint density at radius 3 is 2.72 bits per heavy atom. The number of oxime groups is 1. The number of carbonyl (C=O) groups excluding carboxylic acids is 1. The maximum Gasteiger partial charge on any atom is 0.277 e. The van der Waals surface area contributed by atoms with Crippen molar-refractivity contribution in [2.75, 3.05) is 37.1 Å². The van der Waals surface area contributed by atoms with Gasteiger partial charge >= 0.3 is 0 Å². The van der Waals surface area contributed by atoms with Crippen LogP contribution in [0.15, 0.2) is 29.4 Å². The van der Waals surface area contributed by atoms with Gasteiger partial charge in [-0.25, -0.2) is 18.7 Å². The summed E-state index contributed by atoms with van der Waals surface area (Å²) >= 11 is 3.53. The Bertz CT molecular complexity index is 966. The van der Waals surface area contributed by atoms with E-state index in [-0.39, 0.29) is 36.6 Å². The van der Waals surface area contributed by atoms with Crippen LogP contribution < -0.4 is 10.8 Å². The fourth-order valence-corrected chi connectivity index (χ4v) is 3.26. The molecule has 2 aromatic carbocycles. The van der Waals surface area contributed by atoms with E-state index in [4.69, 9.17) is 14.8 Å². The highest BCUT2D eigenvalue weighted by Gasteiger charge is 2.23. The molecule has 0 fully saturated rings. The van der Waals surface area contributed by atoms with Crippen molar-refractivity contribution < 1.29 is 32.7 Å². The number of nitrogens with zero attached hydrogens (tertiary/aromatic N) is 1. The topological polar surface area (TPSA) is 92.2 Å². The van der Waals surface area contributed by atoms with Gasteiger partial charge in [-0.3, -0.25) is 9.63 Å². The first-order valence-electron chi connectivity index (χ1n) is 9.30. The van der Waals surface area contributed by atoms with Gasteiger partial charge in [-0.05, 0) is 65.3 Å². The number of aliphatic hydroxyl groups is 1. The lowest BCUT2D eigenvalue weighted by atomic mass is 10.1. The molecule has 0 bridgehead atoms. The van der Waals surface area contributed by atoms with Crippen molar-refractivity contribution in [1.29, 1.82) is 0 Å². The number of benzene rings is 2. The average Bonchev–Trinajstić information content (AvgIpc) is 2.76. The van der Waals surface area contributed by atoms with Crippen LogP contribution in [0.5, 0.6) is 0 Å². The van der Waals surface area contributed by atoms with Crippen LogP contribution in [0.25, 0.3) is 0 Å². The maximum absolute atomic E-state index is 14.9. The first kappa shape index (κ1) is 26.2. The molecule has 3 N–H and O–H groups in total. The second-order valence-corrected chi connectivity index (χ2v) is 8.41. The second-order valence-electron chi connectivity index (χ2n) is 6.18. The van der Waals surface area contributed by atoms with Gasteiger partial charge in [0.15, 0.2) is 11.6 Å². The van der Waals surface area contributed by atoms with Crippen molar-refractivity contribution in [3.05, 3.63) is 56.4 Å². The highest BCUT2D eigenvalue weighted by atomic mass is 127. The number of rotatable bonds is 12. The molecule has 0 radical (unpaired) electrons. The third-order valence-corrected chi connectivity index (χ3v) is 5.25. The zero-order valence-electron chi connectivity index (χ0n) is 17.0. The lowest BCUT2D eigenvalue weighted by Gasteiger charge is -2.15. The molecule has 32 heavy (non-hydrogen) atoms. The number of hydrogen-bond donors (Lipinski definition) is 3. The minimum atomic E-state index is -1.42. The summed E-state index contributed by atoms with van der Waals surface area (Å²) in [7, 11) is 0. The van der Waals surface area contributed by atoms with Gasteiger partial charge in [-0.15, -0.1) is 0 Å². The number of hydroxylamine groups is 1. The van der Waals surface area contributed by atoms with Crippen LogP contribution in [0.2, 0.25) is 0 Å². The normalized spacial score (nSPS) is 11.1. The predicted molar refractivity (Wildman–Crippen MR) is 126 cm³/mol. The molecule has 0 saturated carbocycles. The summed E-state index contributed by atoms with van der Waals surface area (Å²) in [6.45, 7) is -0.305. The molecular formula is C20H21F3IN3O4S. The van der Waals surface area contributed by atoms with Crippen LogP contribution in [0.4, 0.5) is 24.5 Å². The summed E-state index contributed by atoms with van der Waals surface area (Å²) in [4.78, 5) is 22.3. The van der Waals surface area contributed by atoms with Crippen molar-refractivity contribution in [3.63, 3.8) is 0 Å². The van der Waals surface area contributed by atoms with Crippen LogP contribution in [0.3, 0.4) is 0 Å². The molecule has 12 heteroatoms. The Kier molecular flexibility index (Phi) is 11.1. The maximum atomic E-state index is 14.9. The molecule has 0 aliphatic heterocycles. The Hall–Kier alpha value is -2.03. The molecule has 0 aliphatic rings. The van der Waals surface area contributed by atoms with Crippen LogP contribution in [-0.4, -0.2) is 49.1 Å². The third-order valence-electron chi connectivity index (χ3n) is 3.88. The van der Waals surface area contributed by atoms with E-state index in [9.17, 15) is 18.0 Å². The Morgan fingerprint density at radius 2 is 2.03 bits per heavy atom. The van der Waals surface area contributed by atoms with E-state index < -0.39 is 29.0 Å². The molecule has 0 atom stereocenters. The van der Waals surface area contributed by atoms with E-state index >= 15 is 0 Å². The van der Waals surface area contributed by atoms with Gasteiger partial charge in [0.1, 0.15) is 12.4 Å². The molecule has 0 aliphatic carbocycles. The van der Waals surface area contributed by atoms with Crippen LogP contribution >= 0.6 is 34.4 Å². The lowest BCUT2D eigenvalue weighted by Crippen LogP contribution is -2.26. The van der Waals surface area contributed by atoms with E-state index in [1.807, 2.05) is 34.3 Å². The molecule has 0 aromatic heterocycles. The van der Waals surface area contributed by atoms with Crippen molar-refractivity contribution in [1.82, 2.24) is 5.48 Å². The number of anilines is 2. The van der Waals surface area contributed by atoms with Gasteiger partial charge in [-0.1, -0.05) is 5.16 Å².